The Balaban J connectivity index is 1.36. The van der Waals surface area contributed by atoms with Crippen molar-refractivity contribution in [2.45, 2.75) is 12.8 Å². The Morgan fingerprint density at radius 3 is 2.48 bits per heavy atom. The summed E-state index contributed by atoms with van der Waals surface area (Å²) in [4.78, 5) is 9.48. The first kappa shape index (κ1) is 16.3. The first-order valence-electron chi connectivity index (χ1n) is 9.22. The fourth-order valence-corrected chi connectivity index (χ4v) is 3.57. The number of para-hydroxylation sites is 2. The first-order valence-corrected chi connectivity index (χ1v) is 9.22. The molecule has 0 aliphatic carbocycles. The minimum Gasteiger partial charge on any atom is -0.304 e. The van der Waals surface area contributed by atoms with E-state index in [9.17, 15) is 0 Å². The van der Waals surface area contributed by atoms with Gasteiger partial charge in [-0.15, -0.1) is 0 Å². The van der Waals surface area contributed by atoms with Gasteiger partial charge in [-0.2, -0.15) is 0 Å². The van der Waals surface area contributed by atoms with Crippen molar-refractivity contribution in [1.29, 1.82) is 0 Å². The molecule has 0 spiro atoms. The zero-order valence-corrected chi connectivity index (χ0v) is 14.9. The third-order valence-corrected chi connectivity index (χ3v) is 5.20. The smallest absolute Gasteiger partial charge is 0.100 e. The molecule has 1 saturated heterocycles. The van der Waals surface area contributed by atoms with Crippen molar-refractivity contribution in [1.82, 2.24) is 19.4 Å². The van der Waals surface area contributed by atoms with E-state index < -0.39 is 0 Å². The van der Waals surface area contributed by atoms with Crippen molar-refractivity contribution in [3.8, 4) is 5.69 Å². The molecule has 1 aromatic heterocycles. The standard InChI is InChI=1S/C21H26N4/c1-23-13-15-24(16-14-23)12-4-5-18-8-10-19(11-9-18)25-17-22-20-6-2-3-7-21(20)25/h2-3,6-11,17H,4-5,12-16H2,1H3. The van der Waals surface area contributed by atoms with Crippen molar-refractivity contribution < 1.29 is 0 Å². The summed E-state index contributed by atoms with van der Waals surface area (Å²) in [6.45, 7) is 6.04. The Morgan fingerprint density at radius 1 is 0.920 bits per heavy atom. The van der Waals surface area contributed by atoms with E-state index in [1.165, 1.54) is 50.4 Å². The van der Waals surface area contributed by atoms with Gasteiger partial charge in [0.05, 0.1) is 11.0 Å². The van der Waals surface area contributed by atoms with Gasteiger partial charge in [0.2, 0.25) is 0 Å². The zero-order valence-electron chi connectivity index (χ0n) is 14.9. The highest BCUT2D eigenvalue weighted by molar-refractivity contribution is 5.77. The van der Waals surface area contributed by atoms with Crippen LogP contribution in [0.25, 0.3) is 16.7 Å². The molecule has 0 N–H and O–H groups in total. The second-order valence-corrected chi connectivity index (χ2v) is 7.02. The predicted molar refractivity (Wildman–Crippen MR) is 103 cm³/mol. The van der Waals surface area contributed by atoms with E-state index in [2.05, 4.69) is 68.9 Å². The van der Waals surface area contributed by atoms with Crippen LogP contribution in [0.15, 0.2) is 54.9 Å². The number of fused-ring (bicyclic) bond motifs is 1. The topological polar surface area (TPSA) is 24.3 Å². The van der Waals surface area contributed by atoms with Crippen LogP contribution in [0.2, 0.25) is 0 Å². The molecule has 130 valence electrons. The number of piperazine rings is 1. The molecule has 1 aliphatic heterocycles. The molecule has 4 nitrogen and oxygen atoms in total. The third-order valence-electron chi connectivity index (χ3n) is 5.20. The lowest BCUT2D eigenvalue weighted by atomic mass is 10.1. The summed E-state index contributed by atoms with van der Waals surface area (Å²) in [5.41, 5.74) is 4.79. The molecule has 0 atom stereocenters. The van der Waals surface area contributed by atoms with E-state index in [-0.39, 0.29) is 0 Å². The van der Waals surface area contributed by atoms with Gasteiger partial charge in [-0.1, -0.05) is 24.3 Å². The molecule has 2 heterocycles. The SMILES string of the molecule is CN1CCN(CCCc2ccc(-n3cnc4ccccc43)cc2)CC1. The third kappa shape index (κ3) is 3.75. The van der Waals surface area contributed by atoms with Crippen LogP contribution in [0.5, 0.6) is 0 Å². The molecule has 0 saturated carbocycles. The lowest BCUT2D eigenvalue weighted by Crippen LogP contribution is -2.44. The van der Waals surface area contributed by atoms with Crippen molar-refractivity contribution in [3.05, 3.63) is 60.4 Å². The number of hydrogen-bond donors (Lipinski definition) is 0. The number of hydrogen-bond acceptors (Lipinski definition) is 3. The fourth-order valence-electron chi connectivity index (χ4n) is 3.57. The van der Waals surface area contributed by atoms with Crippen LogP contribution >= 0.6 is 0 Å². The molecule has 4 rings (SSSR count). The van der Waals surface area contributed by atoms with Gasteiger partial charge in [0, 0.05) is 31.9 Å². The lowest BCUT2D eigenvalue weighted by molar-refractivity contribution is 0.153. The van der Waals surface area contributed by atoms with E-state index in [0.29, 0.717) is 0 Å². The number of aromatic nitrogens is 2. The number of benzene rings is 2. The molecule has 0 amide bonds. The van der Waals surface area contributed by atoms with Gasteiger partial charge in [0.15, 0.2) is 0 Å². The Hall–Kier alpha value is -2.17. The van der Waals surface area contributed by atoms with Crippen LogP contribution in [0.3, 0.4) is 0 Å². The Labute approximate surface area is 149 Å². The van der Waals surface area contributed by atoms with Crippen molar-refractivity contribution >= 4 is 11.0 Å². The van der Waals surface area contributed by atoms with Crippen molar-refractivity contribution in [3.63, 3.8) is 0 Å². The highest BCUT2D eigenvalue weighted by atomic mass is 15.2. The number of likely N-dealkylation sites (N-methyl/N-ethyl adjacent to an activating group) is 1. The molecule has 2 aromatic carbocycles. The van der Waals surface area contributed by atoms with Crippen molar-refractivity contribution in [2.24, 2.45) is 0 Å². The molecule has 25 heavy (non-hydrogen) atoms. The highest BCUT2D eigenvalue weighted by Crippen LogP contribution is 2.18. The first-order chi connectivity index (χ1) is 12.3. The highest BCUT2D eigenvalue weighted by Gasteiger charge is 2.12. The summed E-state index contributed by atoms with van der Waals surface area (Å²) >= 11 is 0. The zero-order chi connectivity index (χ0) is 17.1. The van der Waals surface area contributed by atoms with E-state index in [1.54, 1.807) is 0 Å². The second-order valence-electron chi connectivity index (χ2n) is 7.02. The summed E-state index contributed by atoms with van der Waals surface area (Å²) < 4.78 is 2.16. The van der Waals surface area contributed by atoms with Crippen LogP contribution in [-0.4, -0.2) is 59.1 Å². The van der Waals surface area contributed by atoms with Gasteiger partial charge in [-0.25, -0.2) is 4.98 Å². The second kappa shape index (κ2) is 7.38. The van der Waals surface area contributed by atoms with E-state index in [4.69, 9.17) is 0 Å². The predicted octanol–water partition coefficient (Wildman–Crippen LogP) is 3.21. The molecule has 1 aliphatic rings. The maximum Gasteiger partial charge on any atom is 0.100 e. The van der Waals surface area contributed by atoms with Crippen molar-refractivity contribution in [2.75, 3.05) is 39.8 Å². The summed E-state index contributed by atoms with van der Waals surface area (Å²) in [5, 5.41) is 0. The number of rotatable bonds is 5. The van der Waals surface area contributed by atoms with E-state index in [0.717, 1.165) is 17.5 Å². The normalized spacial score (nSPS) is 16.5. The van der Waals surface area contributed by atoms with Crippen LogP contribution < -0.4 is 0 Å². The van der Waals surface area contributed by atoms with Crippen LogP contribution in [0, 0.1) is 0 Å². The summed E-state index contributed by atoms with van der Waals surface area (Å²) in [6, 6.07) is 17.2. The maximum atomic E-state index is 4.48. The molecular formula is C21H26N4. The van der Waals surface area contributed by atoms with Crippen LogP contribution in [0.1, 0.15) is 12.0 Å². The monoisotopic (exact) mass is 334 g/mol. The van der Waals surface area contributed by atoms with Crippen LogP contribution in [0.4, 0.5) is 0 Å². The van der Waals surface area contributed by atoms with Gasteiger partial charge in [-0.05, 0) is 56.3 Å². The molecule has 3 aromatic rings. The van der Waals surface area contributed by atoms with Gasteiger partial charge in [0.25, 0.3) is 0 Å². The summed E-state index contributed by atoms with van der Waals surface area (Å²) in [6.07, 6.45) is 4.29. The average Bonchev–Trinajstić information content (AvgIpc) is 3.08. The van der Waals surface area contributed by atoms with E-state index in [1.807, 2.05) is 12.4 Å². The summed E-state index contributed by atoms with van der Waals surface area (Å²) in [7, 11) is 2.21. The van der Waals surface area contributed by atoms with Gasteiger partial charge in [-0.3, -0.25) is 4.57 Å². The molecule has 1 fully saturated rings. The Kier molecular flexibility index (Phi) is 4.81. The minimum atomic E-state index is 1.04. The maximum absolute atomic E-state index is 4.48. The lowest BCUT2D eigenvalue weighted by Gasteiger charge is -2.32. The number of nitrogens with zero attached hydrogens (tertiary/aromatic N) is 4. The Morgan fingerprint density at radius 2 is 1.68 bits per heavy atom. The largest absolute Gasteiger partial charge is 0.304 e. The fraction of sp³-hybridized carbons (Fsp3) is 0.381. The van der Waals surface area contributed by atoms with Gasteiger partial charge in [0.1, 0.15) is 6.33 Å². The average molecular weight is 334 g/mol. The molecule has 0 bridgehead atoms. The number of aryl methyl sites for hydroxylation is 1. The number of imidazole rings is 1. The minimum absolute atomic E-state index is 1.04. The quantitative estimate of drug-likeness (QED) is 0.716. The van der Waals surface area contributed by atoms with Crippen LogP contribution in [-0.2, 0) is 6.42 Å². The van der Waals surface area contributed by atoms with E-state index >= 15 is 0 Å². The molecule has 4 heteroatoms. The molecular weight excluding hydrogens is 308 g/mol. The Bertz CT molecular complexity index is 813. The molecule has 0 radical (unpaired) electrons. The van der Waals surface area contributed by atoms with Gasteiger partial charge < -0.3 is 9.80 Å². The van der Waals surface area contributed by atoms with Gasteiger partial charge >= 0.3 is 0 Å². The summed E-state index contributed by atoms with van der Waals surface area (Å²) in [5.74, 6) is 0. The molecule has 0 unspecified atom stereocenters.